The minimum absolute atomic E-state index is 0.0201. The second-order valence-electron chi connectivity index (χ2n) is 7.05. The Kier molecular flexibility index (Phi) is 5.45. The molecule has 0 aromatic rings. The van der Waals surface area contributed by atoms with Gasteiger partial charge in [0.2, 0.25) is 0 Å². The summed E-state index contributed by atoms with van der Waals surface area (Å²) in [5.74, 6) is 2.88. The molecule has 2 nitrogen and oxygen atoms in total. The molecule has 1 fully saturated rings. The molecule has 0 bridgehead atoms. The van der Waals surface area contributed by atoms with Crippen LogP contribution in [0.2, 0.25) is 0 Å². The fourth-order valence-electron chi connectivity index (χ4n) is 4.43. The van der Waals surface area contributed by atoms with E-state index < -0.39 is 0 Å². The van der Waals surface area contributed by atoms with Crippen LogP contribution in [0.5, 0.6) is 0 Å². The van der Waals surface area contributed by atoms with Gasteiger partial charge in [0.1, 0.15) is 10.5 Å². The highest BCUT2D eigenvalue weighted by Crippen LogP contribution is 2.51. The first-order valence-electron chi connectivity index (χ1n) is 7.50. The van der Waals surface area contributed by atoms with Crippen molar-refractivity contribution in [1.82, 2.24) is 0 Å². The number of rotatable bonds is 6. The van der Waals surface area contributed by atoms with Crippen molar-refractivity contribution in [1.29, 1.82) is 0 Å². The molecule has 0 amide bonds. The van der Waals surface area contributed by atoms with Gasteiger partial charge in [-0.1, -0.05) is 41.5 Å². The molecule has 3 heteroatoms. The van der Waals surface area contributed by atoms with Crippen LogP contribution in [0.25, 0.3) is 0 Å². The zero-order chi connectivity index (χ0) is 14.1. The van der Waals surface area contributed by atoms with Crippen LogP contribution in [0.4, 0.5) is 0 Å². The van der Waals surface area contributed by atoms with E-state index in [-0.39, 0.29) is 11.7 Å². The van der Waals surface area contributed by atoms with E-state index in [2.05, 4.69) is 41.5 Å². The van der Waals surface area contributed by atoms with E-state index in [0.29, 0.717) is 29.6 Å². The van der Waals surface area contributed by atoms with E-state index >= 15 is 0 Å². The van der Waals surface area contributed by atoms with Gasteiger partial charge in [-0.3, -0.25) is 0 Å². The van der Waals surface area contributed by atoms with E-state index in [4.69, 9.17) is 4.43 Å². The molecule has 0 saturated heterocycles. The van der Waals surface area contributed by atoms with Crippen molar-refractivity contribution < 1.29 is 9.53 Å². The largest absolute Gasteiger partial charge is 0.422 e. The lowest BCUT2D eigenvalue weighted by Gasteiger charge is -2.56. The topological polar surface area (TPSA) is 29.5 Å². The monoisotopic (exact) mass is 272 g/mol. The van der Waals surface area contributed by atoms with Crippen LogP contribution < -0.4 is 0 Å². The minimum atomic E-state index is -0.0927. The predicted molar refractivity (Wildman–Crippen MR) is 80.5 cm³/mol. The third kappa shape index (κ3) is 2.68. The lowest BCUT2D eigenvalue weighted by Crippen LogP contribution is -2.59. The Morgan fingerprint density at radius 2 is 1.50 bits per heavy atom. The highest BCUT2D eigenvalue weighted by Gasteiger charge is 2.53. The Labute approximate surface area is 116 Å². The van der Waals surface area contributed by atoms with Gasteiger partial charge < -0.3 is 9.53 Å². The first-order chi connectivity index (χ1) is 8.27. The maximum absolute atomic E-state index is 9.67. The van der Waals surface area contributed by atoms with Gasteiger partial charge in [-0.25, -0.2) is 0 Å². The second-order valence-corrected chi connectivity index (χ2v) is 7.46. The third-order valence-electron chi connectivity index (χ3n) is 4.96. The second kappa shape index (κ2) is 6.06. The van der Waals surface area contributed by atoms with Gasteiger partial charge in [0.25, 0.3) is 0 Å². The van der Waals surface area contributed by atoms with Crippen LogP contribution in [-0.4, -0.2) is 27.3 Å². The smallest absolute Gasteiger partial charge is 0.146 e. The quantitative estimate of drug-likeness (QED) is 0.752. The van der Waals surface area contributed by atoms with Gasteiger partial charge in [-0.15, -0.1) is 0 Å². The Hall–Kier alpha value is 0.137. The van der Waals surface area contributed by atoms with E-state index in [1.165, 1.54) is 0 Å². The molecule has 0 heterocycles. The summed E-state index contributed by atoms with van der Waals surface area (Å²) in [6, 6.07) is 0. The van der Waals surface area contributed by atoms with Crippen molar-refractivity contribution in [2.75, 3.05) is 0 Å². The Balaban J connectivity index is 3.08. The Morgan fingerprint density at radius 3 is 1.72 bits per heavy atom. The number of hydrogen-bond acceptors (Lipinski definition) is 2. The molecule has 1 saturated carbocycles. The molecule has 1 aliphatic carbocycles. The molecular weight excluding hydrogens is 240 g/mol. The highest BCUT2D eigenvalue weighted by molar-refractivity contribution is 5.98. The fraction of sp³-hybridized carbons (Fsp3) is 1.00. The van der Waals surface area contributed by atoms with Crippen molar-refractivity contribution in [2.45, 2.75) is 66.1 Å². The fourth-order valence-corrected chi connectivity index (χ4v) is 5.51. The van der Waals surface area contributed by atoms with E-state index in [0.717, 1.165) is 23.3 Å². The molecule has 1 atom stereocenters. The van der Waals surface area contributed by atoms with Gasteiger partial charge in [0.15, 0.2) is 0 Å². The molecule has 1 rings (SSSR count). The van der Waals surface area contributed by atoms with E-state index in [9.17, 15) is 5.11 Å². The average molecular weight is 273 g/mol. The van der Waals surface area contributed by atoms with Crippen LogP contribution in [0, 0.1) is 29.6 Å². The molecule has 108 valence electrons. The minimum Gasteiger partial charge on any atom is -0.422 e. The van der Waals surface area contributed by atoms with Crippen molar-refractivity contribution in [3.05, 3.63) is 0 Å². The van der Waals surface area contributed by atoms with Gasteiger partial charge in [-0.05, 0) is 42.4 Å². The summed E-state index contributed by atoms with van der Waals surface area (Å²) < 4.78 is 6.26. The van der Waals surface area contributed by atoms with Crippen LogP contribution >= 0.6 is 0 Å². The molecule has 0 aliphatic heterocycles. The number of aliphatic hydroxyl groups is 1. The van der Waals surface area contributed by atoms with Crippen LogP contribution in [0.1, 0.15) is 54.4 Å². The number of aliphatic hydroxyl groups excluding tert-OH is 1. The van der Waals surface area contributed by atoms with E-state index in [1.807, 2.05) is 0 Å². The van der Waals surface area contributed by atoms with Gasteiger partial charge >= 0.3 is 0 Å². The summed E-state index contributed by atoms with van der Waals surface area (Å²) in [5, 5.41) is 9.67. The van der Waals surface area contributed by atoms with Crippen LogP contribution in [0.3, 0.4) is 0 Å². The summed E-state index contributed by atoms with van der Waals surface area (Å²) in [6.07, 6.45) is 1.76. The molecule has 0 spiro atoms. The van der Waals surface area contributed by atoms with Crippen molar-refractivity contribution in [2.24, 2.45) is 29.6 Å². The van der Waals surface area contributed by atoms with Gasteiger partial charge in [-0.2, -0.15) is 0 Å². The lowest BCUT2D eigenvalue weighted by molar-refractivity contribution is -0.157. The summed E-state index contributed by atoms with van der Waals surface area (Å²) in [4.78, 5) is 0. The van der Waals surface area contributed by atoms with Gasteiger partial charge in [0.05, 0.1) is 11.7 Å². The van der Waals surface area contributed by atoms with Crippen LogP contribution in [-0.2, 0) is 4.43 Å². The first-order valence-corrected chi connectivity index (χ1v) is 8.32. The maximum Gasteiger partial charge on any atom is 0.146 e. The summed E-state index contributed by atoms with van der Waals surface area (Å²) >= 11 is 0. The third-order valence-corrected chi connectivity index (χ3v) is 5.67. The molecule has 18 heavy (non-hydrogen) atoms. The zero-order valence-corrected chi connectivity index (χ0v) is 15.2. The first kappa shape index (κ1) is 16.2. The van der Waals surface area contributed by atoms with Crippen molar-refractivity contribution >= 4 is 10.5 Å². The Bertz CT molecular complexity index is 251. The normalized spacial score (nSPS) is 28.2. The average Bonchev–Trinajstić information content (AvgIpc) is 2.20. The molecule has 0 radical (unpaired) electrons. The van der Waals surface area contributed by atoms with Crippen LogP contribution in [0.15, 0.2) is 0 Å². The molecule has 1 unspecified atom stereocenters. The summed E-state index contributed by atoms with van der Waals surface area (Å²) in [7, 11) is 0.781. The van der Waals surface area contributed by atoms with Crippen molar-refractivity contribution in [3.8, 4) is 0 Å². The molecule has 0 aromatic carbocycles. The van der Waals surface area contributed by atoms with Crippen molar-refractivity contribution in [3.63, 3.8) is 0 Å². The predicted octanol–water partition coefficient (Wildman–Crippen LogP) is 2.38. The standard InChI is InChI=1S/C15H32O2Si/c1-9(2)14(10(3)4)15(17-18,11(5)6)12-7-13(16)8-12/h9-14,16H,7-8H2,1-6,18H3. The van der Waals surface area contributed by atoms with E-state index in [1.54, 1.807) is 0 Å². The summed E-state index contributed by atoms with van der Waals surface area (Å²) in [6.45, 7) is 13.9. The molecule has 1 aliphatic rings. The Morgan fingerprint density at radius 1 is 1.06 bits per heavy atom. The highest BCUT2D eigenvalue weighted by atomic mass is 28.2. The molecule has 0 aromatic heterocycles. The SMILES string of the molecule is CC(C)C(C(C)C)C(O[SiH3])(C(C)C)C1CC(O)C1. The maximum atomic E-state index is 9.67. The summed E-state index contributed by atoms with van der Waals surface area (Å²) in [5.41, 5.74) is -0.0201. The molecular formula is C15H32O2Si. The zero-order valence-electron chi connectivity index (χ0n) is 13.2. The molecule has 1 N–H and O–H groups in total. The lowest BCUT2D eigenvalue weighted by atomic mass is 9.57. The number of hydrogen-bond donors (Lipinski definition) is 1. The van der Waals surface area contributed by atoms with Gasteiger partial charge in [0, 0.05) is 0 Å².